The second kappa shape index (κ2) is 10.2. The van der Waals surface area contributed by atoms with E-state index >= 15 is 0 Å². The first-order valence-corrected chi connectivity index (χ1v) is 11.1. The fourth-order valence-corrected chi connectivity index (χ4v) is 4.13. The van der Waals surface area contributed by atoms with Gasteiger partial charge in [0.25, 0.3) is 5.56 Å². The molecule has 3 rings (SSSR count). The van der Waals surface area contributed by atoms with Crippen LogP contribution in [0.3, 0.4) is 0 Å². The van der Waals surface area contributed by atoms with Crippen molar-refractivity contribution >= 4 is 33.4 Å². The number of aromatic nitrogens is 2. The minimum Gasteiger partial charge on any atom is -0.356 e. The van der Waals surface area contributed by atoms with Gasteiger partial charge < -0.3 is 10.2 Å². The van der Waals surface area contributed by atoms with Gasteiger partial charge in [0.1, 0.15) is 4.70 Å². The maximum absolute atomic E-state index is 13.0. The Balaban J connectivity index is 1.61. The molecule has 0 spiro atoms. The number of aryl methyl sites for hydroxylation is 1. The summed E-state index contributed by atoms with van der Waals surface area (Å²) < 4.78 is 2.29. The van der Waals surface area contributed by atoms with Gasteiger partial charge in [0.15, 0.2) is 0 Å². The summed E-state index contributed by atoms with van der Waals surface area (Å²) in [5.74, 6) is 0.601. The summed E-state index contributed by atoms with van der Waals surface area (Å²) in [6, 6.07) is 12.1. The van der Waals surface area contributed by atoms with Crippen molar-refractivity contribution < 1.29 is 4.79 Å². The quantitative estimate of drug-likeness (QED) is 0.518. The molecule has 1 aromatic carbocycles. The Hall–Kier alpha value is -2.67. The molecular formula is C22H28N4O2S. The van der Waals surface area contributed by atoms with Gasteiger partial charge in [-0.3, -0.25) is 14.2 Å². The molecule has 6 nitrogen and oxygen atoms in total. The van der Waals surface area contributed by atoms with Gasteiger partial charge in [0, 0.05) is 32.6 Å². The van der Waals surface area contributed by atoms with Crippen molar-refractivity contribution in [2.75, 3.05) is 24.5 Å². The molecule has 0 radical (unpaired) electrons. The Morgan fingerprint density at radius 3 is 2.66 bits per heavy atom. The van der Waals surface area contributed by atoms with Crippen molar-refractivity contribution in [1.82, 2.24) is 14.9 Å². The largest absolute Gasteiger partial charge is 0.356 e. The number of hydrogen-bond donors (Lipinski definition) is 1. The van der Waals surface area contributed by atoms with Crippen molar-refractivity contribution in [3.05, 3.63) is 57.7 Å². The van der Waals surface area contributed by atoms with Crippen LogP contribution in [-0.2, 0) is 17.8 Å². The van der Waals surface area contributed by atoms with E-state index in [0.717, 1.165) is 31.4 Å². The fraction of sp³-hybridized carbons (Fsp3) is 0.409. The first-order valence-electron chi connectivity index (χ1n) is 10.2. The molecule has 2 heterocycles. The number of benzene rings is 1. The maximum Gasteiger partial charge on any atom is 0.272 e. The molecule has 0 saturated carbocycles. The highest BCUT2D eigenvalue weighted by Gasteiger charge is 2.16. The first kappa shape index (κ1) is 21.0. The van der Waals surface area contributed by atoms with Crippen LogP contribution in [0.4, 0.5) is 5.95 Å². The zero-order valence-electron chi connectivity index (χ0n) is 17.1. The number of carbonyl (C=O) groups excluding carboxylic acids is 1. The summed E-state index contributed by atoms with van der Waals surface area (Å²) in [5, 5.41) is 4.85. The van der Waals surface area contributed by atoms with Crippen LogP contribution in [0.25, 0.3) is 10.2 Å². The van der Waals surface area contributed by atoms with Gasteiger partial charge in [-0.2, -0.15) is 0 Å². The van der Waals surface area contributed by atoms with Crippen molar-refractivity contribution in [2.24, 2.45) is 0 Å². The van der Waals surface area contributed by atoms with Crippen molar-refractivity contribution in [2.45, 2.75) is 39.7 Å². The van der Waals surface area contributed by atoms with E-state index in [2.05, 4.69) is 22.3 Å². The highest BCUT2D eigenvalue weighted by molar-refractivity contribution is 7.17. The monoisotopic (exact) mass is 412 g/mol. The molecule has 3 aromatic rings. The SMILES string of the molecule is CCN(CC)c1nc2ccsc2c(=O)n1CCC(=O)NCCCc1ccccc1. The summed E-state index contributed by atoms with van der Waals surface area (Å²) in [6.45, 7) is 6.55. The Kier molecular flexibility index (Phi) is 7.41. The molecule has 0 saturated heterocycles. The number of nitrogens with zero attached hydrogens (tertiary/aromatic N) is 3. The summed E-state index contributed by atoms with van der Waals surface area (Å²) in [5.41, 5.74) is 1.93. The summed E-state index contributed by atoms with van der Waals surface area (Å²) >= 11 is 1.40. The van der Waals surface area contributed by atoms with Crippen LogP contribution in [0, 0.1) is 0 Å². The molecule has 0 unspecified atom stereocenters. The van der Waals surface area contributed by atoms with E-state index < -0.39 is 0 Å². The third-order valence-corrected chi connectivity index (χ3v) is 5.85. The van der Waals surface area contributed by atoms with E-state index in [0.29, 0.717) is 23.7 Å². The van der Waals surface area contributed by atoms with Crippen molar-refractivity contribution in [1.29, 1.82) is 0 Å². The molecule has 29 heavy (non-hydrogen) atoms. The maximum atomic E-state index is 13.0. The van der Waals surface area contributed by atoms with E-state index in [9.17, 15) is 9.59 Å². The Labute approximate surface area is 175 Å². The van der Waals surface area contributed by atoms with E-state index in [1.807, 2.05) is 43.5 Å². The zero-order valence-corrected chi connectivity index (χ0v) is 17.9. The molecule has 0 fully saturated rings. The number of thiophene rings is 1. The third-order valence-electron chi connectivity index (χ3n) is 4.96. The van der Waals surface area contributed by atoms with Gasteiger partial charge in [-0.1, -0.05) is 30.3 Å². The van der Waals surface area contributed by atoms with E-state index in [1.54, 1.807) is 4.57 Å². The average molecular weight is 413 g/mol. The van der Waals surface area contributed by atoms with Crippen LogP contribution in [0.5, 0.6) is 0 Å². The molecule has 0 aliphatic carbocycles. The van der Waals surface area contributed by atoms with E-state index in [4.69, 9.17) is 4.98 Å². The lowest BCUT2D eigenvalue weighted by atomic mass is 10.1. The number of carbonyl (C=O) groups is 1. The lowest BCUT2D eigenvalue weighted by molar-refractivity contribution is -0.121. The number of anilines is 1. The summed E-state index contributed by atoms with van der Waals surface area (Å²) in [6.07, 6.45) is 2.09. The molecular weight excluding hydrogens is 384 g/mol. The number of rotatable bonds is 10. The van der Waals surface area contributed by atoms with Crippen molar-refractivity contribution in [3.63, 3.8) is 0 Å². The van der Waals surface area contributed by atoms with Gasteiger partial charge in [0.2, 0.25) is 11.9 Å². The van der Waals surface area contributed by atoms with Crippen molar-refractivity contribution in [3.8, 4) is 0 Å². The van der Waals surface area contributed by atoms with Crippen LogP contribution in [0.15, 0.2) is 46.6 Å². The molecule has 154 valence electrons. The highest BCUT2D eigenvalue weighted by atomic mass is 32.1. The van der Waals surface area contributed by atoms with Crippen LogP contribution >= 0.6 is 11.3 Å². The highest BCUT2D eigenvalue weighted by Crippen LogP contribution is 2.19. The van der Waals surface area contributed by atoms with Crippen LogP contribution in [-0.4, -0.2) is 35.1 Å². The average Bonchev–Trinajstić information content (AvgIpc) is 3.21. The zero-order chi connectivity index (χ0) is 20.6. The topological polar surface area (TPSA) is 67.2 Å². The van der Waals surface area contributed by atoms with Gasteiger partial charge in [-0.15, -0.1) is 11.3 Å². The standard InChI is InChI=1S/C22H28N4O2S/c1-3-25(4-2)22-24-18-13-16-29-20(18)21(28)26(22)15-12-19(27)23-14-8-11-17-9-6-5-7-10-17/h5-7,9-10,13,16H,3-4,8,11-12,14-15H2,1-2H3,(H,23,27). The molecule has 1 N–H and O–H groups in total. The summed E-state index contributed by atoms with van der Waals surface area (Å²) in [4.78, 5) is 32.0. The lowest BCUT2D eigenvalue weighted by Crippen LogP contribution is -2.34. The minimum atomic E-state index is -0.0659. The van der Waals surface area contributed by atoms with Gasteiger partial charge in [0.05, 0.1) is 5.52 Å². The second-order valence-corrected chi connectivity index (χ2v) is 7.78. The Morgan fingerprint density at radius 1 is 1.17 bits per heavy atom. The number of fused-ring (bicyclic) bond motifs is 1. The predicted octanol–water partition coefficient (Wildman–Crippen LogP) is 3.44. The number of amides is 1. The molecule has 0 aliphatic rings. The van der Waals surface area contributed by atoms with Crippen LogP contribution < -0.4 is 15.8 Å². The number of hydrogen-bond acceptors (Lipinski definition) is 5. The molecule has 2 aromatic heterocycles. The second-order valence-electron chi connectivity index (χ2n) is 6.86. The molecule has 0 aliphatic heterocycles. The summed E-state index contributed by atoms with van der Waals surface area (Å²) in [7, 11) is 0. The van der Waals surface area contributed by atoms with Gasteiger partial charge in [-0.25, -0.2) is 4.98 Å². The normalized spacial score (nSPS) is 11.0. The smallest absolute Gasteiger partial charge is 0.272 e. The lowest BCUT2D eigenvalue weighted by Gasteiger charge is -2.23. The Morgan fingerprint density at radius 2 is 1.93 bits per heavy atom. The molecule has 7 heteroatoms. The third kappa shape index (κ3) is 5.23. The first-order chi connectivity index (χ1) is 14.1. The molecule has 0 bridgehead atoms. The molecule has 1 amide bonds. The van der Waals surface area contributed by atoms with Gasteiger partial charge in [-0.05, 0) is 43.7 Å². The van der Waals surface area contributed by atoms with Crippen LogP contribution in [0.1, 0.15) is 32.3 Å². The Bertz CT molecular complexity index is 993. The molecule has 0 atom stereocenters. The fourth-order valence-electron chi connectivity index (χ4n) is 3.35. The van der Waals surface area contributed by atoms with E-state index in [1.165, 1.54) is 16.9 Å². The van der Waals surface area contributed by atoms with E-state index in [-0.39, 0.29) is 17.9 Å². The minimum absolute atomic E-state index is 0.0401. The van der Waals surface area contributed by atoms with Gasteiger partial charge >= 0.3 is 0 Å². The predicted molar refractivity (Wildman–Crippen MR) is 120 cm³/mol. The van der Waals surface area contributed by atoms with Crippen LogP contribution in [0.2, 0.25) is 0 Å². The number of nitrogens with one attached hydrogen (secondary N) is 1.